The zero-order valence-electron chi connectivity index (χ0n) is 11.1. The third-order valence-electron chi connectivity index (χ3n) is 3.44. The summed E-state index contributed by atoms with van der Waals surface area (Å²) in [4.78, 5) is 11.9. The van der Waals surface area contributed by atoms with Gasteiger partial charge < -0.3 is 9.84 Å². The summed E-state index contributed by atoms with van der Waals surface area (Å²) in [5.41, 5.74) is 1.53. The van der Waals surface area contributed by atoms with Gasteiger partial charge >= 0.3 is 0 Å². The topological polar surface area (TPSA) is 89.3 Å². The Morgan fingerprint density at radius 3 is 2.53 bits per heavy atom. The van der Waals surface area contributed by atoms with Crippen LogP contribution >= 0.6 is 0 Å². The van der Waals surface area contributed by atoms with Crippen LogP contribution in [0, 0.1) is 13.8 Å². The Balaban J connectivity index is 1.89. The van der Waals surface area contributed by atoms with Crippen LogP contribution in [0.3, 0.4) is 0 Å². The molecule has 0 aromatic carbocycles. The Morgan fingerprint density at radius 2 is 2.00 bits per heavy atom. The normalized spacial score (nSPS) is 19.3. The van der Waals surface area contributed by atoms with E-state index in [2.05, 4.69) is 10.5 Å². The lowest BCUT2D eigenvalue weighted by Gasteiger charge is -2.22. The molecule has 19 heavy (non-hydrogen) atoms. The Morgan fingerprint density at radius 1 is 1.37 bits per heavy atom. The minimum Gasteiger partial charge on any atom is -0.361 e. The molecule has 0 unspecified atom stereocenters. The van der Waals surface area contributed by atoms with E-state index in [4.69, 9.17) is 4.52 Å². The SMILES string of the molecule is Cc1noc(C)c1CC(=O)NC1CCS(=O)(=O)CC1. The van der Waals surface area contributed by atoms with Crippen LogP contribution < -0.4 is 5.32 Å². The van der Waals surface area contributed by atoms with Gasteiger partial charge in [-0.05, 0) is 26.7 Å². The number of hydrogen-bond donors (Lipinski definition) is 1. The molecule has 1 aliphatic heterocycles. The first-order chi connectivity index (χ1) is 8.87. The van der Waals surface area contributed by atoms with E-state index in [0.717, 1.165) is 11.3 Å². The van der Waals surface area contributed by atoms with Gasteiger partial charge in [-0.3, -0.25) is 4.79 Å². The molecule has 6 nitrogen and oxygen atoms in total. The van der Waals surface area contributed by atoms with Crippen LogP contribution in [0.2, 0.25) is 0 Å². The summed E-state index contributed by atoms with van der Waals surface area (Å²) in [5, 5.41) is 6.68. The highest BCUT2D eigenvalue weighted by Gasteiger charge is 2.25. The van der Waals surface area contributed by atoms with E-state index >= 15 is 0 Å². The van der Waals surface area contributed by atoms with Gasteiger partial charge in [0.25, 0.3) is 0 Å². The number of aryl methyl sites for hydroxylation is 2. The minimum absolute atomic E-state index is 0.0449. The van der Waals surface area contributed by atoms with Gasteiger partial charge in [0, 0.05) is 11.6 Å². The van der Waals surface area contributed by atoms with E-state index in [0.29, 0.717) is 18.6 Å². The molecule has 2 rings (SSSR count). The fraction of sp³-hybridized carbons (Fsp3) is 0.667. The van der Waals surface area contributed by atoms with Gasteiger partial charge in [-0.2, -0.15) is 0 Å². The van der Waals surface area contributed by atoms with Gasteiger partial charge in [-0.15, -0.1) is 0 Å². The van der Waals surface area contributed by atoms with Gasteiger partial charge in [0.2, 0.25) is 5.91 Å². The monoisotopic (exact) mass is 286 g/mol. The molecular weight excluding hydrogens is 268 g/mol. The maximum absolute atomic E-state index is 11.9. The van der Waals surface area contributed by atoms with E-state index in [1.807, 2.05) is 0 Å². The summed E-state index contributed by atoms with van der Waals surface area (Å²) in [7, 11) is -2.89. The van der Waals surface area contributed by atoms with Gasteiger partial charge in [0.1, 0.15) is 15.6 Å². The lowest BCUT2D eigenvalue weighted by Crippen LogP contribution is -2.41. The number of nitrogens with one attached hydrogen (secondary N) is 1. The van der Waals surface area contributed by atoms with Crippen molar-refractivity contribution in [2.75, 3.05) is 11.5 Å². The molecule has 0 bridgehead atoms. The molecule has 0 saturated carbocycles. The number of aromatic nitrogens is 1. The molecule has 0 atom stereocenters. The number of rotatable bonds is 3. The second-order valence-corrected chi connectivity index (χ2v) is 7.28. The van der Waals surface area contributed by atoms with E-state index < -0.39 is 9.84 Å². The maximum Gasteiger partial charge on any atom is 0.224 e. The molecule has 1 N–H and O–H groups in total. The number of hydrogen-bond acceptors (Lipinski definition) is 5. The molecule has 7 heteroatoms. The van der Waals surface area contributed by atoms with Crippen molar-refractivity contribution in [2.45, 2.75) is 39.2 Å². The van der Waals surface area contributed by atoms with Crippen molar-refractivity contribution in [1.29, 1.82) is 0 Å². The molecule has 106 valence electrons. The Bertz CT molecular complexity index is 543. The largest absolute Gasteiger partial charge is 0.361 e. The fourth-order valence-corrected chi connectivity index (χ4v) is 3.72. The van der Waals surface area contributed by atoms with E-state index in [-0.39, 0.29) is 29.9 Å². The molecule has 2 heterocycles. The number of carbonyl (C=O) groups is 1. The summed E-state index contributed by atoms with van der Waals surface area (Å²) in [6.07, 6.45) is 1.22. The predicted molar refractivity (Wildman–Crippen MR) is 69.5 cm³/mol. The van der Waals surface area contributed by atoms with Crippen molar-refractivity contribution in [2.24, 2.45) is 0 Å². The summed E-state index contributed by atoms with van der Waals surface area (Å²) >= 11 is 0. The smallest absolute Gasteiger partial charge is 0.224 e. The second kappa shape index (κ2) is 5.32. The predicted octanol–water partition coefficient (Wildman–Crippen LogP) is 0.527. The second-order valence-electron chi connectivity index (χ2n) is 4.97. The summed E-state index contributed by atoms with van der Waals surface area (Å²) in [6.45, 7) is 3.57. The van der Waals surface area contributed by atoms with Crippen LogP contribution in [0.25, 0.3) is 0 Å². The molecule has 1 aromatic heterocycles. The van der Waals surface area contributed by atoms with Crippen LogP contribution in [0.4, 0.5) is 0 Å². The van der Waals surface area contributed by atoms with Crippen LogP contribution in [0.15, 0.2) is 4.52 Å². The highest BCUT2D eigenvalue weighted by molar-refractivity contribution is 7.91. The zero-order chi connectivity index (χ0) is 14.0. The number of carbonyl (C=O) groups excluding carboxylic acids is 1. The first kappa shape index (κ1) is 14.0. The van der Waals surface area contributed by atoms with Crippen LogP contribution in [0.1, 0.15) is 29.9 Å². The van der Waals surface area contributed by atoms with Gasteiger partial charge in [-0.25, -0.2) is 8.42 Å². The quantitative estimate of drug-likeness (QED) is 0.875. The molecule has 1 aliphatic rings. The molecular formula is C12H18N2O4S. The average molecular weight is 286 g/mol. The van der Waals surface area contributed by atoms with Crippen molar-refractivity contribution < 1.29 is 17.7 Å². The van der Waals surface area contributed by atoms with Gasteiger partial charge in [0.15, 0.2) is 0 Å². The standard InChI is InChI=1S/C12H18N2O4S/c1-8-11(9(2)18-14-8)7-12(15)13-10-3-5-19(16,17)6-4-10/h10H,3-7H2,1-2H3,(H,13,15). The van der Waals surface area contributed by atoms with Crippen molar-refractivity contribution in [1.82, 2.24) is 10.5 Å². The zero-order valence-corrected chi connectivity index (χ0v) is 11.9. The van der Waals surface area contributed by atoms with Crippen LogP contribution in [-0.2, 0) is 21.1 Å². The molecule has 1 amide bonds. The molecule has 0 spiro atoms. The average Bonchev–Trinajstić information content (AvgIpc) is 2.64. The van der Waals surface area contributed by atoms with Crippen molar-refractivity contribution in [3.8, 4) is 0 Å². The molecule has 1 aromatic rings. The highest BCUT2D eigenvalue weighted by atomic mass is 32.2. The third kappa shape index (κ3) is 3.56. The highest BCUT2D eigenvalue weighted by Crippen LogP contribution is 2.15. The van der Waals surface area contributed by atoms with E-state index in [9.17, 15) is 13.2 Å². The molecule has 0 radical (unpaired) electrons. The Hall–Kier alpha value is -1.37. The summed E-state index contributed by atoms with van der Waals surface area (Å²) in [5.74, 6) is 0.851. The van der Waals surface area contributed by atoms with Crippen molar-refractivity contribution in [3.63, 3.8) is 0 Å². The van der Waals surface area contributed by atoms with Crippen LogP contribution in [-0.4, -0.2) is 37.0 Å². The van der Waals surface area contributed by atoms with Crippen molar-refractivity contribution in [3.05, 3.63) is 17.0 Å². The summed E-state index contributed by atoms with van der Waals surface area (Å²) in [6, 6.07) is -0.0449. The lowest BCUT2D eigenvalue weighted by molar-refractivity contribution is -0.121. The Kier molecular flexibility index (Phi) is 3.93. The molecule has 1 fully saturated rings. The van der Waals surface area contributed by atoms with Crippen molar-refractivity contribution >= 4 is 15.7 Å². The molecule has 0 aliphatic carbocycles. The third-order valence-corrected chi connectivity index (χ3v) is 5.15. The fourth-order valence-electron chi connectivity index (χ4n) is 2.23. The lowest BCUT2D eigenvalue weighted by atomic mass is 10.1. The number of amides is 1. The van der Waals surface area contributed by atoms with Gasteiger partial charge in [-0.1, -0.05) is 5.16 Å². The minimum atomic E-state index is -2.89. The van der Waals surface area contributed by atoms with Crippen LogP contribution in [0.5, 0.6) is 0 Å². The first-order valence-corrected chi connectivity index (χ1v) is 8.11. The number of sulfone groups is 1. The number of nitrogens with zero attached hydrogens (tertiary/aromatic N) is 1. The first-order valence-electron chi connectivity index (χ1n) is 6.29. The Labute approximate surface area is 112 Å². The molecule has 1 saturated heterocycles. The maximum atomic E-state index is 11.9. The van der Waals surface area contributed by atoms with E-state index in [1.165, 1.54) is 0 Å². The summed E-state index contributed by atoms with van der Waals surface area (Å²) < 4.78 is 27.6. The van der Waals surface area contributed by atoms with E-state index in [1.54, 1.807) is 13.8 Å². The van der Waals surface area contributed by atoms with Gasteiger partial charge in [0.05, 0.1) is 23.6 Å².